The molecule has 4 heteroatoms. The molecule has 0 radical (unpaired) electrons. The molecular formula is C16H18N2O2. The molecule has 0 aliphatic rings. The molecule has 0 N–H and O–H groups in total. The van der Waals surface area contributed by atoms with E-state index in [2.05, 4.69) is 11.1 Å². The average molecular weight is 270 g/mol. The first-order chi connectivity index (χ1) is 9.55. The van der Waals surface area contributed by atoms with Gasteiger partial charge in [0, 0.05) is 18.9 Å². The van der Waals surface area contributed by atoms with Gasteiger partial charge in [-0.2, -0.15) is 5.26 Å². The van der Waals surface area contributed by atoms with E-state index in [0.717, 1.165) is 17.3 Å². The molecule has 2 aromatic rings. The zero-order chi connectivity index (χ0) is 14.6. The highest BCUT2D eigenvalue weighted by molar-refractivity contribution is 5.80. The number of hydrogen-bond acceptors (Lipinski definition) is 4. The first-order valence-electron chi connectivity index (χ1n) is 6.53. The van der Waals surface area contributed by atoms with Crippen LogP contribution in [0.3, 0.4) is 0 Å². The molecule has 4 nitrogen and oxygen atoms in total. The highest BCUT2D eigenvalue weighted by Crippen LogP contribution is 2.22. The summed E-state index contributed by atoms with van der Waals surface area (Å²) < 4.78 is 11.0. The molecule has 0 aliphatic heterocycles. The number of aromatic nitrogens is 1. The number of para-hydroxylation sites is 1. The molecule has 2 rings (SSSR count). The number of methoxy groups -OCH3 is 1. The van der Waals surface area contributed by atoms with Crippen molar-refractivity contribution < 1.29 is 9.47 Å². The minimum atomic E-state index is -0.246. The van der Waals surface area contributed by atoms with Gasteiger partial charge in [-0.1, -0.05) is 18.2 Å². The van der Waals surface area contributed by atoms with Crippen LogP contribution in [-0.2, 0) is 4.74 Å². The van der Waals surface area contributed by atoms with Crippen LogP contribution in [0.25, 0.3) is 10.9 Å². The summed E-state index contributed by atoms with van der Waals surface area (Å²) in [7, 11) is 1.68. The molecule has 0 amide bonds. The lowest BCUT2D eigenvalue weighted by Gasteiger charge is -2.22. The topological polar surface area (TPSA) is 55.1 Å². The molecule has 0 atom stereocenters. The number of ether oxygens (including phenoxy) is 2. The lowest BCUT2D eigenvalue weighted by molar-refractivity contribution is 0.00509. The molecule has 0 saturated carbocycles. The largest absolute Gasteiger partial charge is 0.477 e. The number of hydrogen-bond donors (Lipinski definition) is 0. The average Bonchev–Trinajstić information content (AvgIpc) is 2.46. The molecule has 0 aliphatic carbocycles. The Labute approximate surface area is 119 Å². The van der Waals surface area contributed by atoms with Crippen LogP contribution in [-0.4, -0.2) is 24.3 Å². The minimum absolute atomic E-state index is 0.246. The van der Waals surface area contributed by atoms with Gasteiger partial charge in [0.1, 0.15) is 11.6 Å². The molecule has 1 heterocycles. The van der Waals surface area contributed by atoms with E-state index in [4.69, 9.17) is 9.47 Å². The van der Waals surface area contributed by atoms with Crippen molar-refractivity contribution in [2.45, 2.75) is 25.9 Å². The van der Waals surface area contributed by atoms with Gasteiger partial charge in [0.2, 0.25) is 5.88 Å². The lowest BCUT2D eigenvalue weighted by atomic mass is 10.1. The molecular weight excluding hydrogens is 252 g/mol. The van der Waals surface area contributed by atoms with E-state index >= 15 is 0 Å². The zero-order valence-corrected chi connectivity index (χ0v) is 12.0. The molecule has 20 heavy (non-hydrogen) atoms. The molecule has 0 unspecified atom stereocenters. The van der Waals surface area contributed by atoms with Crippen LogP contribution in [0.15, 0.2) is 30.3 Å². The third-order valence-corrected chi connectivity index (χ3v) is 3.30. The quantitative estimate of drug-likeness (QED) is 0.836. The van der Waals surface area contributed by atoms with Crippen LogP contribution < -0.4 is 4.74 Å². The maximum atomic E-state index is 9.19. The second-order valence-electron chi connectivity index (χ2n) is 5.21. The Morgan fingerprint density at radius 2 is 2.05 bits per heavy atom. The Hall–Kier alpha value is -2.12. The third kappa shape index (κ3) is 3.25. The van der Waals surface area contributed by atoms with Crippen LogP contribution in [0.1, 0.15) is 25.8 Å². The Morgan fingerprint density at radius 1 is 1.30 bits per heavy atom. The third-order valence-electron chi connectivity index (χ3n) is 3.30. The molecule has 0 saturated heterocycles. The highest BCUT2D eigenvalue weighted by Gasteiger charge is 2.17. The second-order valence-corrected chi connectivity index (χ2v) is 5.21. The monoisotopic (exact) mass is 270 g/mol. The van der Waals surface area contributed by atoms with Crippen molar-refractivity contribution in [1.29, 1.82) is 5.26 Å². The van der Waals surface area contributed by atoms with E-state index in [-0.39, 0.29) is 5.60 Å². The van der Waals surface area contributed by atoms with E-state index in [0.29, 0.717) is 18.1 Å². The molecule has 1 aromatic heterocycles. The summed E-state index contributed by atoms with van der Waals surface area (Å²) in [6.07, 6.45) is 0.725. The smallest absolute Gasteiger partial charge is 0.232 e. The van der Waals surface area contributed by atoms with Gasteiger partial charge in [-0.05, 0) is 26.0 Å². The summed E-state index contributed by atoms with van der Waals surface area (Å²) in [4.78, 5) is 4.41. The zero-order valence-electron chi connectivity index (χ0n) is 12.0. The Balaban J connectivity index is 2.19. The summed E-state index contributed by atoms with van der Waals surface area (Å²) in [5.41, 5.74) is 1.04. The van der Waals surface area contributed by atoms with E-state index < -0.39 is 0 Å². The van der Waals surface area contributed by atoms with Crippen LogP contribution in [0.2, 0.25) is 0 Å². The van der Waals surface area contributed by atoms with Gasteiger partial charge in [0.05, 0.1) is 17.7 Å². The predicted octanol–water partition coefficient (Wildman–Crippen LogP) is 3.30. The van der Waals surface area contributed by atoms with E-state index in [1.165, 1.54) is 0 Å². The van der Waals surface area contributed by atoms with Gasteiger partial charge < -0.3 is 9.47 Å². The summed E-state index contributed by atoms with van der Waals surface area (Å²) in [5.74, 6) is 0.387. The standard InChI is InChI=1S/C16H18N2O2/c1-16(2,19-3)8-9-20-15-13(11-17)10-12-6-4-5-7-14(12)18-15/h4-7,10H,8-9H2,1-3H3. The molecule has 0 bridgehead atoms. The normalized spacial score (nSPS) is 11.3. The van der Waals surface area contributed by atoms with E-state index in [1.807, 2.05) is 38.1 Å². The van der Waals surface area contributed by atoms with Gasteiger partial charge in [-0.25, -0.2) is 4.98 Å². The number of pyridine rings is 1. The Kier molecular flexibility index (Phi) is 4.21. The van der Waals surface area contributed by atoms with Gasteiger partial charge >= 0.3 is 0 Å². The molecule has 0 spiro atoms. The fraction of sp³-hybridized carbons (Fsp3) is 0.375. The number of nitrogens with zero attached hydrogens (tertiary/aromatic N) is 2. The van der Waals surface area contributed by atoms with Crippen molar-refractivity contribution in [3.8, 4) is 11.9 Å². The van der Waals surface area contributed by atoms with Gasteiger partial charge in [-0.15, -0.1) is 0 Å². The molecule has 0 fully saturated rings. The summed E-state index contributed by atoms with van der Waals surface area (Å²) in [6, 6.07) is 11.6. The second kappa shape index (κ2) is 5.89. The summed E-state index contributed by atoms with van der Waals surface area (Å²) in [6.45, 7) is 4.45. The maximum absolute atomic E-state index is 9.19. The first kappa shape index (κ1) is 14.3. The van der Waals surface area contributed by atoms with Gasteiger partial charge in [-0.3, -0.25) is 0 Å². The fourth-order valence-electron chi connectivity index (χ4n) is 1.78. The molecule has 1 aromatic carbocycles. The minimum Gasteiger partial charge on any atom is -0.477 e. The Morgan fingerprint density at radius 3 is 2.75 bits per heavy atom. The van der Waals surface area contributed by atoms with Crippen molar-refractivity contribution in [3.05, 3.63) is 35.9 Å². The number of rotatable bonds is 5. The highest BCUT2D eigenvalue weighted by atomic mass is 16.5. The van der Waals surface area contributed by atoms with E-state index in [9.17, 15) is 5.26 Å². The first-order valence-corrected chi connectivity index (χ1v) is 6.53. The van der Waals surface area contributed by atoms with Crippen LogP contribution >= 0.6 is 0 Å². The summed E-state index contributed by atoms with van der Waals surface area (Å²) in [5, 5.41) is 10.1. The van der Waals surface area contributed by atoms with Crippen molar-refractivity contribution in [3.63, 3.8) is 0 Å². The van der Waals surface area contributed by atoms with Crippen LogP contribution in [0.5, 0.6) is 5.88 Å². The van der Waals surface area contributed by atoms with Crippen molar-refractivity contribution in [2.24, 2.45) is 0 Å². The van der Waals surface area contributed by atoms with Gasteiger partial charge in [0.15, 0.2) is 0 Å². The lowest BCUT2D eigenvalue weighted by Crippen LogP contribution is -2.25. The van der Waals surface area contributed by atoms with E-state index in [1.54, 1.807) is 13.2 Å². The van der Waals surface area contributed by atoms with Crippen LogP contribution in [0.4, 0.5) is 0 Å². The number of nitriles is 1. The van der Waals surface area contributed by atoms with Gasteiger partial charge in [0.25, 0.3) is 0 Å². The molecule has 104 valence electrons. The van der Waals surface area contributed by atoms with Crippen molar-refractivity contribution >= 4 is 10.9 Å². The van der Waals surface area contributed by atoms with Crippen LogP contribution in [0, 0.1) is 11.3 Å². The predicted molar refractivity (Wildman–Crippen MR) is 77.7 cm³/mol. The fourth-order valence-corrected chi connectivity index (χ4v) is 1.78. The SMILES string of the molecule is COC(C)(C)CCOc1nc2ccccc2cc1C#N. The maximum Gasteiger partial charge on any atom is 0.232 e. The van der Waals surface area contributed by atoms with Crippen molar-refractivity contribution in [1.82, 2.24) is 4.98 Å². The van der Waals surface area contributed by atoms with Crippen molar-refractivity contribution in [2.75, 3.05) is 13.7 Å². The Bertz CT molecular complexity index is 644. The summed E-state index contributed by atoms with van der Waals surface area (Å²) >= 11 is 0. The number of benzene rings is 1. The number of fused-ring (bicyclic) bond motifs is 1.